The van der Waals surface area contributed by atoms with Crippen LogP contribution < -0.4 is 5.32 Å². The monoisotopic (exact) mass is 478 g/mol. The Kier molecular flexibility index (Phi) is 11.7. The van der Waals surface area contributed by atoms with Crippen molar-refractivity contribution in [2.45, 2.75) is 60.9 Å². The highest BCUT2D eigenvalue weighted by molar-refractivity contribution is 7.16. The molecule has 32 heavy (non-hydrogen) atoms. The van der Waals surface area contributed by atoms with Gasteiger partial charge in [0.05, 0.1) is 10.0 Å². The van der Waals surface area contributed by atoms with Crippen LogP contribution in [0.1, 0.15) is 63.3 Å². The van der Waals surface area contributed by atoms with Crippen LogP contribution in [0.4, 0.5) is 5.69 Å². The number of aryl methyl sites for hydroxylation is 2. The second-order valence-corrected chi connectivity index (χ2v) is 9.97. The molecule has 0 aliphatic rings. The average molecular weight is 479 g/mol. The van der Waals surface area contributed by atoms with Crippen molar-refractivity contribution >= 4 is 51.7 Å². The lowest BCUT2D eigenvalue weighted by Gasteiger charge is -2.17. The summed E-state index contributed by atoms with van der Waals surface area (Å²) in [6.45, 7) is 12.7. The number of aldehydes is 1. The van der Waals surface area contributed by atoms with Crippen molar-refractivity contribution in [3.05, 3.63) is 51.3 Å². The molecule has 0 fully saturated rings. The van der Waals surface area contributed by atoms with Crippen LogP contribution in [-0.4, -0.2) is 28.5 Å². The minimum atomic E-state index is -0.0626. The van der Waals surface area contributed by atoms with Gasteiger partial charge in [-0.3, -0.25) is 9.59 Å². The van der Waals surface area contributed by atoms with Gasteiger partial charge in [-0.15, -0.1) is 11.3 Å². The summed E-state index contributed by atoms with van der Waals surface area (Å²) >= 11 is 7.55. The van der Waals surface area contributed by atoms with Gasteiger partial charge in [0.25, 0.3) is 0 Å². The van der Waals surface area contributed by atoms with Gasteiger partial charge in [-0.1, -0.05) is 46.2 Å². The van der Waals surface area contributed by atoms with Gasteiger partial charge in [0.15, 0.2) is 6.29 Å². The number of benzene rings is 1. The van der Waals surface area contributed by atoms with Crippen molar-refractivity contribution < 1.29 is 14.7 Å². The molecular weight excluding hydrogens is 444 g/mol. The van der Waals surface area contributed by atoms with Gasteiger partial charge >= 0.3 is 0 Å². The van der Waals surface area contributed by atoms with E-state index >= 15 is 0 Å². The molecule has 0 saturated heterocycles. The number of aliphatic hydroxyl groups is 1. The first kappa shape index (κ1) is 27.9. The Morgan fingerprint density at radius 3 is 2.38 bits per heavy atom. The van der Waals surface area contributed by atoms with Crippen LogP contribution in [0.25, 0.3) is 10.9 Å². The summed E-state index contributed by atoms with van der Waals surface area (Å²) in [7, 11) is 0. The molecule has 1 aromatic carbocycles. The third-order valence-electron chi connectivity index (χ3n) is 4.24. The largest absolute Gasteiger partial charge is 0.397 e. The van der Waals surface area contributed by atoms with E-state index in [1.807, 2.05) is 75.6 Å². The maximum Gasteiger partial charge on any atom is 0.224 e. The molecule has 1 amide bonds. The van der Waals surface area contributed by atoms with E-state index < -0.39 is 0 Å². The maximum atomic E-state index is 12.2. The van der Waals surface area contributed by atoms with Crippen molar-refractivity contribution in [1.82, 2.24) is 4.57 Å². The highest BCUT2D eigenvalue weighted by atomic mass is 35.5. The van der Waals surface area contributed by atoms with Crippen LogP contribution in [0.5, 0.6) is 0 Å². The van der Waals surface area contributed by atoms with Crippen LogP contribution in [0.2, 0.25) is 4.34 Å². The number of thiophene rings is 1. The van der Waals surface area contributed by atoms with Crippen LogP contribution in [0, 0.1) is 5.41 Å². The molecule has 2 N–H and O–H groups in total. The van der Waals surface area contributed by atoms with Crippen LogP contribution in [0.15, 0.2) is 36.4 Å². The predicted molar refractivity (Wildman–Crippen MR) is 137 cm³/mol. The Morgan fingerprint density at radius 1 is 1.19 bits per heavy atom. The van der Waals surface area contributed by atoms with Crippen molar-refractivity contribution in [2.24, 2.45) is 5.41 Å². The van der Waals surface area contributed by atoms with Gasteiger partial charge in [0.1, 0.15) is 0 Å². The van der Waals surface area contributed by atoms with E-state index in [1.165, 1.54) is 4.88 Å². The zero-order chi connectivity index (χ0) is 24.3. The standard InChI is InChI=1S/C21H23ClN2O2S.C2H6O.C2H6/c1-21(2,3)12-20(26)23-15-4-6-18-14(10-15)11-16(13-25)24(18)9-8-17-5-7-19(22)27-17;1-2-3;1-2/h4-7,10-11,13H,8-9,12H2,1-3H3,(H,23,26);3H,2H2,1H3;1-2H3. The molecular formula is C25H35ClN2O3S. The van der Waals surface area contributed by atoms with E-state index in [0.717, 1.165) is 33.6 Å². The number of halogens is 1. The van der Waals surface area contributed by atoms with Crippen LogP contribution in [0.3, 0.4) is 0 Å². The zero-order valence-electron chi connectivity index (χ0n) is 19.9. The normalized spacial score (nSPS) is 10.6. The zero-order valence-corrected chi connectivity index (χ0v) is 21.4. The number of anilines is 1. The van der Waals surface area contributed by atoms with Gasteiger partial charge in [-0.25, -0.2) is 0 Å². The molecule has 0 aliphatic heterocycles. The Labute approximate surface area is 200 Å². The Hall–Kier alpha value is -2.15. The molecule has 3 rings (SSSR count). The molecule has 0 spiro atoms. The number of amides is 1. The topological polar surface area (TPSA) is 71.3 Å². The fourth-order valence-corrected chi connectivity index (χ4v) is 4.19. The lowest BCUT2D eigenvalue weighted by molar-refractivity contribution is -0.117. The predicted octanol–water partition coefficient (Wildman–Crippen LogP) is 6.81. The first-order valence-corrected chi connectivity index (χ1v) is 12.1. The number of nitrogens with zero attached hydrogens (tertiary/aromatic N) is 1. The van der Waals surface area contributed by atoms with Gasteiger partial charge in [-0.2, -0.15) is 0 Å². The van der Waals surface area contributed by atoms with E-state index in [1.54, 1.807) is 18.3 Å². The van der Waals surface area contributed by atoms with Crippen molar-refractivity contribution in [1.29, 1.82) is 0 Å². The molecule has 0 atom stereocenters. The number of fused-ring (bicyclic) bond motifs is 1. The number of aliphatic hydroxyl groups excluding tert-OH is 1. The van der Waals surface area contributed by atoms with Crippen LogP contribution >= 0.6 is 22.9 Å². The third kappa shape index (κ3) is 8.77. The number of hydrogen-bond donors (Lipinski definition) is 2. The number of aromatic nitrogens is 1. The van der Waals surface area contributed by atoms with E-state index in [2.05, 4.69) is 5.32 Å². The summed E-state index contributed by atoms with van der Waals surface area (Å²) in [6.07, 6.45) is 2.14. The summed E-state index contributed by atoms with van der Waals surface area (Å²) in [4.78, 5) is 24.9. The quantitative estimate of drug-likeness (QED) is 0.382. The van der Waals surface area contributed by atoms with E-state index in [-0.39, 0.29) is 17.9 Å². The minimum absolute atomic E-state index is 0.00790. The molecule has 2 heterocycles. The Balaban J connectivity index is 0.000000944. The molecule has 0 aliphatic carbocycles. The summed E-state index contributed by atoms with van der Waals surface area (Å²) in [6, 6.07) is 11.5. The minimum Gasteiger partial charge on any atom is -0.397 e. The second-order valence-electron chi connectivity index (χ2n) is 8.17. The summed E-state index contributed by atoms with van der Waals surface area (Å²) in [5.41, 5.74) is 2.29. The molecule has 2 aromatic heterocycles. The second kappa shape index (κ2) is 13.4. The molecule has 176 valence electrons. The number of rotatable bonds is 6. The Bertz CT molecular complexity index is 1000. The first-order valence-electron chi connectivity index (χ1n) is 10.9. The molecule has 0 bridgehead atoms. The van der Waals surface area contributed by atoms with Crippen molar-refractivity contribution in [3.63, 3.8) is 0 Å². The molecule has 0 radical (unpaired) electrons. The fourth-order valence-electron chi connectivity index (χ4n) is 3.11. The lowest BCUT2D eigenvalue weighted by atomic mass is 9.92. The third-order valence-corrected chi connectivity index (χ3v) is 5.53. The van der Waals surface area contributed by atoms with E-state index in [4.69, 9.17) is 16.7 Å². The smallest absolute Gasteiger partial charge is 0.224 e. The summed E-state index contributed by atoms with van der Waals surface area (Å²) in [5.74, 6) is -0.00790. The summed E-state index contributed by atoms with van der Waals surface area (Å²) in [5, 5.41) is 11.5. The molecule has 0 saturated carbocycles. The van der Waals surface area contributed by atoms with Gasteiger partial charge in [0.2, 0.25) is 5.91 Å². The number of hydrogen-bond acceptors (Lipinski definition) is 4. The van der Waals surface area contributed by atoms with E-state index in [0.29, 0.717) is 18.7 Å². The molecule has 5 nitrogen and oxygen atoms in total. The maximum absolute atomic E-state index is 12.2. The average Bonchev–Trinajstić information content (AvgIpc) is 3.29. The SMILES string of the molecule is CC.CC(C)(C)CC(=O)Nc1ccc2c(c1)cc(C=O)n2CCc1ccc(Cl)s1.CCO. The van der Waals surface area contributed by atoms with Crippen molar-refractivity contribution in [2.75, 3.05) is 11.9 Å². The lowest BCUT2D eigenvalue weighted by Crippen LogP contribution is -2.19. The van der Waals surface area contributed by atoms with Crippen molar-refractivity contribution in [3.8, 4) is 0 Å². The highest BCUT2D eigenvalue weighted by Gasteiger charge is 2.16. The number of carbonyl (C=O) groups excluding carboxylic acids is 2. The molecule has 7 heteroatoms. The Morgan fingerprint density at radius 2 is 1.84 bits per heavy atom. The highest BCUT2D eigenvalue weighted by Crippen LogP contribution is 2.26. The fraction of sp³-hybridized carbons (Fsp3) is 0.440. The first-order chi connectivity index (χ1) is 15.2. The van der Waals surface area contributed by atoms with Gasteiger partial charge in [-0.05, 0) is 55.2 Å². The molecule has 3 aromatic rings. The number of nitrogens with one attached hydrogen (secondary N) is 1. The van der Waals surface area contributed by atoms with Gasteiger partial charge in [0, 0.05) is 41.0 Å². The number of carbonyl (C=O) groups is 2. The van der Waals surface area contributed by atoms with Gasteiger partial charge < -0.3 is 15.0 Å². The molecule has 0 unspecified atom stereocenters. The van der Waals surface area contributed by atoms with E-state index in [9.17, 15) is 9.59 Å². The summed E-state index contributed by atoms with van der Waals surface area (Å²) < 4.78 is 2.78. The van der Waals surface area contributed by atoms with Crippen LogP contribution in [-0.2, 0) is 17.8 Å².